The molecule has 0 saturated carbocycles. The summed E-state index contributed by atoms with van der Waals surface area (Å²) in [5.74, 6) is 0.792. The lowest BCUT2D eigenvalue weighted by atomic mass is 9.99. The summed E-state index contributed by atoms with van der Waals surface area (Å²) in [6.07, 6.45) is -0.208. The average Bonchev–Trinajstić information content (AvgIpc) is 3.18. The van der Waals surface area contributed by atoms with Crippen molar-refractivity contribution in [2.45, 2.75) is 19.3 Å². The second-order valence-corrected chi connectivity index (χ2v) is 8.29. The SMILES string of the molecule is Oc1ccccc1CN1CCN(Cc2ccccc2O)C1c1c(O)ccc2ccccc12. The minimum absolute atomic E-state index is 0.208. The standard InChI is InChI=1S/C27H26N2O3/c30-23-11-5-2-8-20(23)17-28-15-16-29(18-21-9-3-6-12-24(21)31)27(28)26-22-10-4-1-7-19(22)13-14-25(26)32/h1-14,27,30-32H,15-18H2. The third-order valence-electron chi connectivity index (χ3n) is 6.30. The van der Waals surface area contributed by atoms with Crippen molar-refractivity contribution in [1.82, 2.24) is 9.80 Å². The van der Waals surface area contributed by atoms with Gasteiger partial charge in [-0.2, -0.15) is 0 Å². The fourth-order valence-electron chi connectivity index (χ4n) is 4.71. The van der Waals surface area contributed by atoms with Crippen LogP contribution in [0, 0.1) is 0 Å². The number of benzene rings is 4. The van der Waals surface area contributed by atoms with Gasteiger partial charge in [-0.25, -0.2) is 0 Å². The number of hydrogen-bond acceptors (Lipinski definition) is 5. The van der Waals surface area contributed by atoms with E-state index in [2.05, 4.69) is 9.80 Å². The molecule has 4 aromatic rings. The molecule has 5 nitrogen and oxygen atoms in total. The Kier molecular flexibility index (Phi) is 5.43. The Bertz CT molecular complexity index is 1200. The third kappa shape index (κ3) is 3.77. The van der Waals surface area contributed by atoms with Gasteiger partial charge in [0.15, 0.2) is 0 Å². The number of nitrogens with zero attached hydrogens (tertiary/aromatic N) is 2. The monoisotopic (exact) mass is 426 g/mol. The molecule has 0 atom stereocenters. The number of aromatic hydroxyl groups is 3. The molecule has 4 aromatic carbocycles. The van der Waals surface area contributed by atoms with Gasteiger partial charge in [0.1, 0.15) is 17.2 Å². The second kappa shape index (κ2) is 8.54. The van der Waals surface area contributed by atoms with Crippen molar-refractivity contribution < 1.29 is 15.3 Å². The summed E-state index contributed by atoms with van der Waals surface area (Å²) in [4.78, 5) is 4.55. The minimum atomic E-state index is -0.208. The molecule has 0 radical (unpaired) electrons. The summed E-state index contributed by atoms with van der Waals surface area (Å²) in [5.41, 5.74) is 2.55. The summed E-state index contributed by atoms with van der Waals surface area (Å²) in [7, 11) is 0. The van der Waals surface area contributed by atoms with E-state index in [1.165, 1.54) is 0 Å². The van der Waals surface area contributed by atoms with E-state index in [0.717, 1.165) is 40.6 Å². The molecule has 1 saturated heterocycles. The number of phenols is 3. The summed E-state index contributed by atoms with van der Waals surface area (Å²) in [5, 5.41) is 33.8. The largest absolute Gasteiger partial charge is 0.508 e. The Labute approximate surface area is 187 Å². The summed E-state index contributed by atoms with van der Waals surface area (Å²) in [6, 6.07) is 26.5. The Hall–Kier alpha value is -3.54. The first kappa shape index (κ1) is 20.4. The van der Waals surface area contributed by atoms with Crippen LogP contribution in [0.25, 0.3) is 10.8 Å². The van der Waals surface area contributed by atoms with Gasteiger partial charge in [0.05, 0.1) is 6.17 Å². The molecule has 32 heavy (non-hydrogen) atoms. The van der Waals surface area contributed by atoms with Crippen LogP contribution in [-0.2, 0) is 13.1 Å². The Morgan fingerprint density at radius 3 is 1.72 bits per heavy atom. The quantitative estimate of drug-likeness (QED) is 0.420. The van der Waals surface area contributed by atoms with Crippen LogP contribution in [0.5, 0.6) is 17.2 Å². The highest BCUT2D eigenvalue weighted by Gasteiger charge is 2.36. The Morgan fingerprint density at radius 2 is 1.12 bits per heavy atom. The lowest BCUT2D eigenvalue weighted by molar-refractivity contribution is 0.123. The maximum atomic E-state index is 11.0. The number of phenolic OH excluding ortho intramolecular Hbond substituents is 3. The number of fused-ring (bicyclic) bond motifs is 1. The van der Waals surface area contributed by atoms with Gasteiger partial charge in [0.25, 0.3) is 0 Å². The predicted octanol–water partition coefficient (Wildman–Crippen LogP) is 4.97. The molecule has 1 aliphatic heterocycles. The van der Waals surface area contributed by atoms with E-state index in [0.29, 0.717) is 13.1 Å². The number of para-hydroxylation sites is 2. The Balaban J connectivity index is 1.59. The summed E-state index contributed by atoms with van der Waals surface area (Å²) >= 11 is 0. The molecule has 0 aromatic heterocycles. The lowest BCUT2D eigenvalue weighted by Gasteiger charge is -2.32. The molecular weight excluding hydrogens is 400 g/mol. The van der Waals surface area contributed by atoms with Crippen molar-refractivity contribution in [2.24, 2.45) is 0 Å². The van der Waals surface area contributed by atoms with E-state index in [9.17, 15) is 15.3 Å². The van der Waals surface area contributed by atoms with Crippen LogP contribution in [0.1, 0.15) is 22.9 Å². The molecule has 1 heterocycles. The van der Waals surface area contributed by atoms with E-state index >= 15 is 0 Å². The van der Waals surface area contributed by atoms with Crippen molar-refractivity contribution >= 4 is 10.8 Å². The number of hydrogen-bond donors (Lipinski definition) is 3. The predicted molar refractivity (Wildman–Crippen MR) is 125 cm³/mol. The third-order valence-corrected chi connectivity index (χ3v) is 6.30. The molecule has 162 valence electrons. The zero-order chi connectivity index (χ0) is 22.1. The van der Waals surface area contributed by atoms with Crippen molar-refractivity contribution in [3.05, 3.63) is 102 Å². The highest BCUT2D eigenvalue weighted by molar-refractivity contribution is 5.88. The lowest BCUT2D eigenvalue weighted by Crippen LogP contribution is -2.31. The van der Waals surface area contributed by atoms with Gasteiger partial charge in [0.2, 0.25) is 0 Å². The topological polar surface area (TPSA) is 67.2 Å². The van der Waals surface area contributed by atoms with E-state index in [-0.39, 0.29) is 23.4 Å². The van der Waals surface area contributed by atoms with Crippen molar-refractivity contribution in [2.75, 3.05) is 13.1 Å². The van der Waals surface area contributed by atoms with Gasteiger partial charge < -0.3 is 15.3 Å². The van der Waals surface area contributed by atoms with Gasteiger partial charge >= 0.3 is 0 Å². The molecule has 1 aliphatic rings. The Morgan fingerprint density at radius 1 is 0.594 bits per heavy atom. The molecule has 0 aliphatic carbocycles. The molecule has 3 N–H and O–H groups in total. The van der Waals surface area contributed by atoms with E-state index < -0.39 is 0 Å². The van der Waals surface area contributed by atoms with Crippen molar-refractivity contribution in [3.63, 3.8) is 0 Å². The fourth-order valence-corrected chi connectivity index (χ4v) is 4.71. The zero-order valence-electron chi connectivity index (χ0n) is 17.7. The molecule has 5 rings (SSSR count). The van der Waals surface area contributed by atoms with Gasteiger partial charge in [-0.3, -0.25) is 9.80 Å². The highest BCUT2D eigenvalue weighted by Crippen LogP contribution is 2.42. The molecular formula is C27H26N2O3. The van der Waals surface area contributed by atoms with Gasteiger partial charge in [-0.1, -0.05) is 66.7 Å². The molecule has 0 unspecified atom stereocenters. The average molecular weight is 427 g/mol. The van der Waals surface area contributed by atoms with Crippen LogP contribution in [0.3, 0.4) is 0 Å². The molecule has 0 bridgehead atoms. The van der Waals surface area contributed by atoms with Crippen molar-refractivity contribution in [1.29, 1.82) is 0 Å². The van der Waals surface area contributed by atoms with Crippen LogP contribution in [0.15, 0.2) is 84.9 Å². The molecule has 0 spiro atoms. The summed E-state index contributed by atoms with van der Waals surface area (Å²) < 4.78 is 0. The first-order valence-corrected chi connectivity index (χ1v) is 10.8. The smallest absolute Gasteiger partial charge is 0.122 e. The van der Waals surface area contributed by atoms with Crippen molar-refractivity contribution in [3.8, 4) is 17.2 Å². The summed E-state index contributed by atoms with van der Waals surface area (Å²) in [6.45, 7) is 2.65. The normalized spacial score (nSPS) is 15.5. The molecule has 1 fully saturated rings. The van der Waals surface area contributed by atoms with E-state index in [1.807, 2.05) is 66.7 Å². The highest BCUT2D eigenvalue weighted by atomic mass is 16.3. The van der Waals surface area contributed by atoms with Crippen LogP contribution >= 0.6 is 0 Å². The maximum Gasteiger partial charge on any atom is 0.122 e. The first-order valence-electron chi connectivity index (χ1n) is 10.8. The second-order valence-electron chi connectivity index (χ2n) is 8.29. The number of rotatable bonds is 5. The fraction of sp³-hybridized carbons (Fsp3) is 0.185. The van der Waals surface area contributed by atoms with Crippen LogP contribution in [-0.4, -0.2) is 38.2 Å². The molecule has 0 amide bonds. The van der Waals surface area contributed by atoms with Gasteiger partial charge in [0, 0.05) is 42.9 Å². The molecule has 5 heteroatoms. The van der Waals surface area contributed by atoms with Gasteiger partial charge in [-0.15, -0.1) is 0 Å². The van der Waals surface area contributed by atoms with E-state index in [1.54, 1.807) is 18.2 Å². The van der Waals surface area contributed by atoms with Crippen LogP contribution in [0.2, 0.25) is 0 Å². The zero-order valence-corrected chi connectivity index (χ0v) is 17.7. The van der Waals surface area contributed by atoms with Crippen LogP contribution < -0.4 is 0 Å². The van der Waals surface area contributed by atoms with Gasteiger partial charge in [-0.05, 0) is 29.0 Å². The maximum absolute atomic E-state index is 11.0. The van der Waals surface area contributed by atoms with Crippen LogP contribution in [0.4, 0.5) is 0 Å². The van der Waals surface area contributed by atoms with E-state index in [4.69, 9.17) is 0 Å². The minimum Gasteiger partial charge on any atom is -0.508 e. The first-order chi connectivity index (χ1) is 15.6.